The lowest BCUT2D eigenvalue weighted by molar-refractivity contribution is -0.385. The number of hydrogen-bond acceptors (Lipinski definition) is 3. The molecule has 0 aliphatic rings. The molecule has 0 saturated heterocycles. The van der Waals surface area contributed by atoms with Crippen LogP contribution in [0.25, 0.3) is 0 Å². The Labute approximate surface area is 94.6 Å². The van der Waals surface area contributed by atoms with Crippen LogP contribution in [0.1, 0.15) is 22.8 Å². The predicted molar refractivity (Wildman–Crippen MR) is 60.6 cm³/mol. The van der Waals surface area contributed by atoms with Crippen LogP contribution in [0.5, 0.6) is 0 Å². The molecule has 74 valence electrons. The third kappa shape index (κ3) is 1.92. The van der Waals surface area contributed by atoms with Gasteiger partial charge < -0.3 is 0 Å². The molecule has 0 spiro atoms. The van der Waals surface area contributed by atoms with E-state index in [1.807, 2.05) is 22.6 Å². The van der Waals surface area contributed by atoms with Crippen molar-refractivity contribution >= 4 is 34.1 Å². The maximum absolute atomic E-state index is 11.2. The molecule has 5 heteroatoms. The molecule has 1 aromatic carbocycles. The van der Waals surface area contributed by atoms with Crippen molar-refractivity contribution in [1.82, 2.24) is 0 Å². The minimum atomic E-state index is -0.474. The number of carbonyl (C=O) groups excluding carboxylic acids is 1. The maximum atomic E-state index is 11.2. The summed E-state index contributed by atoms with van der Waals surface area (Å²) in [5, 5.41) is 10.6. The highest BCUT2D eigenvalue weighted by molar-refractivity contribution is 14.1. The van der Waals surface area contributed by atoms with Crippen molar-refractivity contribution in [2.24, 2.45) is 0 Å². The van der Waals surface area contributed by atoms with Gasteiger partial charge in [-0.25, -0.2) is 0 Å². The van der Waals surface area contributed by atoms with E-state index in [1.54, 1.807) is 13.0 Å². The zero-order chi connectivity index (χ0) is 10.9. The molecule has 0 unspecified atom stereocenters. The predicted octanol–water partition coefficient (Wildman–Crippen LogP) is 2.71. The van der Waals surface area contributed by atoms with E-state index in [4.69, 9.17) is 0 Å². The van der Waals surface area contributed by atoms with Crippen LogP contribution < -0.4 is 0 Å². The SMILES string of the molecule is CC(=O)c1c(I)ccc([N+](=O)[O-])c1C. The van der Waals surface area contributed by atoms with E-state index in [0.29, 0.717) is 11.1 Å². The summed E-state index contributed by atoms with van der Waals surface area (Å²) in [7, 11) is 0. The smallest absolute Gasteiger partial charge is 0.273 e. The average molecular weight is 305 g/mol. The second-order valence-electron chi connectivity index (χ2n) is 2.88. The summed E-state index contributed by atoms with van der Waals surface area (Å²) in [6, 6.07) is 3.01. The van der Waals surface area contributed by atoms with E-state index in [9.17, 15) is 14.9 Å². The first-order valence-electron chi connectivity index (χ1n) is 3.89. The molecule has 14 heavy (non-hydrogen) atoms. The van der Waals surface area contributed by atoms with Crippen LogP contribution in [0.2, 0.25) is 0 Å². The lowest BCUT2D eigenvalue weighted by atomic mass is 10.0. The van der Waals surface area contributed by atoms with Gasteiger partial charge in [0.1, 0.15) is 0 Å². The van der Waals surface area contributed by atoms with Gasteiger partial charge >= 0.3 is 0 Å². The fourth-order valence-electron chi connectivity index (χ4n) is 1.30. The normalized spacial score (nSPS) is 9.93. The second kappa shape index (κ2) is 4.04. The van der Waals surface area contributed by atoms with Crippen molar-refractivity contribution in [2.75, 3.05) is 0 Å². The molecular weight excluding hydrogens is 297 g/mol. The van der Waals surface area contributed by atoms with Crippen molar-refractivity contribution in [2.45, 2.75) is 13.8 Å². The molecule has 0 amide bonds. The second-order valence-corrected chi connectivity index (χ2v) is 4.04. The van der Waals surface area contributed by atoms with Gasteiger partial charge in [0.05, 0.1) is 4.92 Å². The molecule has 0 saturated carbocycles. The molecule has 0 aliphatic carbocycles. The van der Waals surface area contributed by atoms with Gasteiger partial charge in [0, 0.05) is 20.8 Å². The molecule has 0 aromatic heterocycles. The van der Waals surface area contributed by atoms with Gasteiger partial charge in [-0.2, -0.15) is 0 Å². The van der Waals surface area contributed by atoms with Crippen LogP contribution in [-0.2, 0) is 0 Å². The number of hydrogen-bond donors (Lipinski definition) is 0. The van der Waals surface area contributed by atoms with Crippen molar-refractivity contribution in [3.63, 3.8) is 0 Å². The van der Waals surface area contributed by atoms with Crippen molar-refractivity contribution in [1.29, 1.82) is 0 Å². The van der Waals surface area contributed by atoms with E-state index in [1.165, 1.54) is 13.0 Å². The molecule has 0 heterocycles. The number of rotatable bonds is 2. The number of nitrogens with zero attached hydrogens (tertiary/aromatic N) is 1. The van der Waals surface area contributed by atoms with Gasteiger partial charge in [-0.05, 0) is 42.5 Å². The molecule has 0 fully saturated rings. The number of carbonyl (C=O) groups is 1. The molecule has 0 atom stereocenters. The topological polar surface area (TPSA) is 60.2 Å². The number of halogens is 1. The maximum Gasteiger partial charge on any atom is 0.273 e. The van der Waals surface area contributed by atoms with Gasteiger partial charge in [0.15, 0.2) is 5.78 Å². The fraction of sp³-hybridized carbons (Fsp3) is 0.222. The van der Waals surface area contributed by atoms with Gasteiger partial charge in [-0.3, -0.25) is 14.9 Å². The Morgan fingerprint density at radius 1 is 1.50 bits per heavy atom. The number of ketones is 1. The Bertz CT molecular complexity index is 415. The summed E-state index contributed by atoms with van der Waals surface area (Å²) >= 11 is 2.00. The third-order valence-corrected chi connectivity index (χ3v) is 2.83. The first-order valence-corrected chi connectivity index (χ1v) is 4.97. The number of Topliss-reactive ketones (excluding diaryl/α,β-unsaturated/α-hetero) is 1. The Hall–Kier alpha value is -0.980. The third-order valence-electron chi connectivity index (χ3n) is 1.93. The Morgan fingerprint density at radius 3 is 2.50 bits per heavy atom. The minimum Gasteiger partial charge on any atom is -0.294 e. The molecule has 4 nitrogen and oxygen atoms in total. The molecular formula is C9H8INO3. The molecule has 0 radical (unpaired) electrons. The van der Waals surface area contributed by atoms with Crippen LogP contribution in [0, 0.1) is 20.6 Å². The van der Waals surface area contributed by atoms with Gasteiger partial charge in [-0.1, -0.05) is 0 Å². The fourth-order valence-corrected chi connectivity index (χ4v) is 2.26. The van der Waals surface area contributed by atoms with Gasteiger partial charge in [-0.15, -0.1) is 0 Å². The van der Waals surface area contributed by atoms with E-state index < -0.39 is 4.92 Å². The van der Waals surface area contributed by atoms with Crippen molar-refractivity contribution in [3.8, 4) is 0 Å². The van der Waals surface area contributed by atoms with E-state index in [0.717, 1.165) is 3.57 Å². The van der Waals surface area contributed by atoms with Crippen molar-refractivity contribution < 1.29 is 9.72 Å². The molecule has 1 rings (SSSR count). The summed E-state index contributed by atoms with van der Waals surface area (Å²) in [5.74, 6) is -0.143. The molecule has 0 bridgehead atoms. The van der Waals surface area contributed by atoms with Crippen LogP contribution in [0.3, 0.4) is 0 Å². The Balaban J connectivity index is 3.49. The van der Waals surface area contributed by atoms with Gasteiger partial charge in [0.25, 0.3) is 5.69 Å². The highest BCUT2D eigenvalue weighted by atomic mass is 127. The van der Waals surface area contributed by atoms with E-state index in [2.05, 4.69) is 0 Å². The lowest BCUT2D eigenvalue weighted by Crippen LogP contribution is -2.03. The summed E-state index contributed by atoms with van der Waals surface area (Å²) in [4.78, 5) is 21.4. The van der Waals surface area contributed by atoms with Crippen LogP contribution in [0.15, 0.2) is 12.1 Å². The number of nitro benzene ring substituents is 1. The zero-order valence-electron chi connectivity index (χ0n) is 7.70. The van der Waals surface area contributed by atoms with Crippen LogP contribution >= 0.6 is 22.6 Å². The zero-order valence-corrected chi connectivity index (χ0v) is 9.86. The quantitative estimate of drug-likeness (QED) is 0.365. The highest BCUT2D eigenvalue weighted by Gasteiger charge is 2.18. The average Bonchev–Trinajstić information content (AvgIpc) is 2.02. The monoisotopic (exact) mass is 305 g/mol. The summed E-state index contributed by atoms with van der Waals surface area (Å²) in [5.41, 5.74) is 0.879. The minimum absolute atomic E-state index is 0.00406. The molecule has 1 aromatic rings. The number of benzene rings is 1. The summed E-state index contributed by atoms with van der Waals surface area (Å²) < 4.78 is 0.748. The van der Waals surface area contributed by atoms with Gasteiger partial charge in [0.2, 0.25) is 0 Å². The lowest BCUT2D eigenvalue weighted by Gasteiger charge is -2.04. The first-order chi connectivity index (χ1) is 6.45. The van der Waals surface area contributed by atoms with E-state index in [-0.39, 0.29) is 11.5 Å². The van der Waals surface area contributed by atoms with Crippen molar-refractivity contribution in [3.05, 3.63) is 36.9 Å². The highest BCUT2D eigenvalue weighted by Crippen LogP contribution is 2.25. The summed E-state index contributed by atoms with van der Waals surface area (Å²) in [6.45, 7) is 3.01. The van der Waals surface area contributed by atoms with E-state index >= 15 is 0 Å². The standard InChI is InChI=1S/C9H8INO3/c1-5-8(11(13)14)4-3-7(10)9(5)6(2)12/h3-4H,1-2H3. The molecule has 0 N–H and O–H groups in total. The van der Waals surface area contributed by atoms with Crippen LogP contribution in [-0.4, -0.2) is 10.7 Å². The molecule has 0 aliphatic heterocycles. The van der Waals surface area contributed by atoms with Crippen LogP contribution in [0.4, 0.5) is 5.69 Å². The first kappa shape index (κ1) is 11.1. The Morgan fingerprint density at radius 2 is 2.07 bits per heavy atom. The largest absolute Gasteiger partial charge is 0.294 e. The summed E-state index contributed by atoms with van der Waals surface area (Å²) in [6.07, 6.45) is 0. The number of nitro groups is 1. The Kier molecular flexibility index (Phi) is 3.20.